The maximum absolute atomic E-state index is 12.1. The van der Waals surface area contributed by atoms with E-state index in [1.807, 2.05) is 32.0 Å². The summed E-state index contributed by atoms with van der Waals surface area (Å²) in [6.45, 7) is 11.3. The third-order valence-corrected chi connectivity index (χ3v) is 4.05. The average molecular weight is 319 g/mol. The molecule has 0 aliphatic rings. The van der Waals surface area contributed by atoms with Crippen molar-refractivity contribution < 1.29 is 9.59 Å². The Morgan fingerprint density at radius 1 is 0.957 bits per heavy atom. The van der Waals surface area contributed by atoms with E-state index in [1.165, 1.54) is 0 Å². The second-order valence-electron chi connectivity index (χ2n) is 5.40. The van der Waals surface area contributed by atoms with Gasteiger partial charge in [-0.1, -0.05) is 45.9 Å². The van der Waals surface area contributed by atoms with Crippen LogP contribution in [-0.4, -0.2) is 42.9 Å². The van der Waals surface area contributed by atoms with E-state index in [9.17, 15) is 9.59 Å². The first-order chi connectivity index (χ1) is 11.1. The van der Waals surface area contributed by atoms with Gasteiger partial charge >= 0.3 is 11.8 Å². The number of para-hydroxylation sites is 1. The Morgan fingerprint density at radius 3 is 2.00 bits per heavy atom. The smallest absolute Gasteiger partial charge is 0.313 e. The Balaban J connectivity index is 2.64. The lowest BCUT2D eigenvalue weighted by Crippen LogP contribution is -2.40. The zero-order valence-electron chi connectivity index (χ0n) is 14.7. The van der Waals surface area contributed by atoms with Crippen LogP contribution in [0.4, 0.5) is 5.69 Å². The Morgan fingerprint density at radius 2 is 1.52 bits per heavy atom. The molecule has 0 aromatic heterocycles. The molecule has 5 nitrogen and oxygen atoms in total. The van der Waals surface area contributed by atoms with Crippen molar-refractivity contribution in [1.29, 1.82) is 0 Å². The summed E-state index contributed by atoms with van der Waals surface area (Å²) >= 11 is 0. The number of carbonyl (C=O) groups is 2. The number of carbonyl (C=O) groups excluding carboxylic acids is 2. The van der Waals surface area contributed by atoms with Gasteiger partial charge in [0.25, 0.3) is 0 Å². The monoisotopic (exact) mass is 319 g/mol. The van der Waals surface area contributed by atoms with Crippen molar-refractivity contribution in [3.05, 3.63) is 29.3 Å². The summed E-state index contributed by atoms with van der Waals surface area (Å²) in [5, 5.41) is 5.47. The van der Waals surface area contributed by atoms with Gasteiger partial charge in [-0.05, 0) is 37.1 Å². The summed E-state index contributed by atoms with van der Waals surface area (Å²) in [5.74, 6) is -1.18. The van der Waals surface area contributed by atoms with Crippen molar-refractivity contribution in [2.75, 3.05) is 31.5 Å². The second-order valence-corrected chi connectivity index (χ2v) is 5.40. The number of aryl methyl sites for hydroxylation is 2. The molecule has 0 saturated carbocycles. The minimum Gasteiger partial charge on any atom is -0.347 e. The SMILES string of the molecule is CCc1cccc(CC)c1NC(=O)C(=O)NCCN(CC)CC. The average Bonchev–Trinajstić information content (AvgIpc) is 2.58. The molecular formula is C18H29N3O2. The molecule has 1 aromatic rings. The number of hydrogen-bond donors (Lipinski definition) is 2. The number of nitrogens with zero attached hydrogens (tertiary/aromatic N) is 1. The molecule has 2 amide bonds. The topological polar surface area (TPSA) is 61.4 Å². The van der Waals surface area contributed by atoms with E-state index in [0.717, 1.165) is 49.3 Å². The molecule has 5 heteroatoms. The molecular weight excluding hydrogens is 290 g/mol. The van der Waals surface area contributed by atoms with E-state index < -0.39 is 11.8 Å². The van der Waals surface area contributed by atoms with E-state index in [2.05, 4.69) is 29.4 Å². The number of amides is 2. The molecule has 128 valence electrons. The fraction of sp³-hybridized carbons (Fsp3) is 0.556. The number of rotatable bonds is 8. The third-order valence-electron chi connectivity index (χ3n) is 4.05. The lowest BCUT2D eigenvalue weighted by atomic mass is 10.0. The molecule has 2 N–H and O–H groups in total. The maximum atomic E-state index is 12.1. The first-order valence-corrected chi connectivity index (χ1v) is 8.49. The maximum Gasteiger partial charge on any atom is 0.313 e. The van der Waals surface area contributed by atoms with Crippen molar-refractivity contribution in [2.45, 2.75) is 40.5 Å². The van der Waals surface area contributed by atoms with Gasteiger partial charge in [0.15, 0.2) is 0 Å². The minimum absolute atomic E-state index is 0.476. The van der Waals surface area contributed by atoms with Crippen molar-refractivity contribution in [3.8, 4) is 0 Å². The number of nitrogens with one attached hydrogen (secondary N) is 2. The summed E-state index contributed by atoms with van der Waals surface area (Å²) in [4.78, 5) is 26.3. The van der Waals surface area contributed by atoms with Gasteiger partial charge in [-0.2, -0.15) is 0 Å². The first kappa shape index (κ1) is 19.2. The van der Waals surface area contributed by atoms with E-state index in [0.29, 0.717) is 6.54 Å². The van der Waals surface area contributed by atoms with Crippen molar-refractivity contribution in [2.24, 2.45) is 0 Å². The molecule has 1 aromatic carbocycles. The highest BCUT2D eigenvalue weighted by Crippen LogP contribution is 2.22. The van der Waals surface area contributed by atoms with Gasteiger partial charge in [-0.15, -0.1) is 0 Å². The van der Waals surface area contributed by atoms with Crippen LogP contribution in [0.3, 0.4) is 0 Å². The molecule has 0 atom stereocenters. The van der Waals surface area contributed by atoms with Crippen LogP contribution in [0.1, 0.15) is 38.8 Å². The molecule has 0 spiro atoms. The Bertz CT molecular complexity index is 503. The number of anilines is 1. The highest BCUT2D eigenvalue weighted by molar-refractivity contribution is 6.39. The van der Waals surface area contributed by atoms with Gasteiger partial charge in [0.05, 0.1) is 0 Å². The minimum atomic E-state index is -0.597. The van der Waals surface area contributed by atoms with E-state index in [1.54, 1.807) is 0 Å². The Hall–Kier alpha value is -1.88. The highest BCUT2D eigenvalue weighted by Gasteiger charge is 2.16. The zero-order chi connectivity index (χ0) is 17.2. The van der Waals surface area contributed by atoms with Crippen LogP contribution in [0.25, 0.3) is 0 Å². The van der Waals surface area contributed by atoms with E-state index in [4.69, 9.17) is 0 Å². The largest absolute Gasteiger partial charge is 0.347 e. The predicted octanol–water partition coefficient (Wildman–Crippen LogP) is 2.21. The summed E-state index contributed by atoms with van der Waals surface area (Å²) in [6, 6.07) is 5.94. The standard InChI is InChI=1S/C18H29N3O2/c1-5-14-10-9-11-15(6-2)16(14)20-18(23)17(22)19-12-13-21(7-3)8-4/h9-11H,5-8,12-13H2,1-4H3,(H,19,22)(H,20,23). The fourth-order valence-corrected chi connectivity index (χ4v) is 2.52. The van der Waals surface area contributed by atoms with Gasteiger partial charge < -0.3 is 15.5 Å². The van der Waals surface area contributed by atoms with Crippen LogP contribution in [0.2, 0.25) is 0 Å². The number of likely N-dealkylation sites (N-methyl/N-ethyl adjacent to an activating group) is 1. The summed E-state index contributed by atoms with van der Waals surface area (Å²) in [7, 11) is 0. The zero-order valence-corrected chi connectivity index (χ0v) is 14.7. The van der Waals surface area contributed by atoms with Gasteiger partial charge in [0.2, 0.25) is 0 Å². The molecule has 0 saturated heterocycles. The molecule has 0 bridgehead atoms. The van der Waals surface area contributed by atoms with Crippen LogP contribution in [0, 0.1) is 0 Å². The van der Waals surface area contributed by atoms with Crippen molar-refractivity contribution in [3.63, 3.8) is 0 Å². The molecule has 1 rings (SSSR count). The fourth-order valence-electron chi connectivity index (χ4n) is 2.52. The quantitative estimate of drug-likeness (QED) is 0.722. The number of benzene rings is 1. The third kappa shape index (κ3) is 5.67. The van der Waals surface area contributed by atoms with Gasteiger partial charge in [0.1, 0.15) is 0 Å². The van der Waals surface area contributed by atoms with Crippen LogP contribution < -0.4 is 10.6 Å². The Labute approximate surface area is 139 Å². The first-order valence-electron chi connectivity index (χ1n) is 8.49. The molecule has 0 fully saturated rings. The predicted molar refractivity (Wildman–Crippen MR) is 94.6 cm³/mol. The van der Waals surface area contributed by atoms with Crippen LogP contribution in [0.5, 0.6) is 0 Å². The van der Waals surface area contributed by atoms with Crippen molar-refractivity contribution >= 4 is 17.5 Å². The van der Waals surface area contributed by atoms with Crippen LogP contribution in [0.15, 0.2) is 18.2 Å². The lowest BCUT2D eigenvalue weighted by molar-refractivity contribution is -0.136. The second kappa shape index (κ2) is 10.0. The lowest BCUT2D eigenvalue weighted by Gasteiger charge is -2.18. The van der Waals surface area contributed by atoms with E-state index in [-0.39, 0.29) is 0 Å². The number of hydrogen-bond acceptors (Lipinski definition) is 3. The summed E-state index contributed by atoms with van der Waals surface area (Å²) in [6.07, 6.45) is 1.63. The molecule has 0 aliphatic heterocycles. The molecule has 0 radical (unpaired) electrons. The molecule has 23 heavy (non-hydrogen) atoms. The summed E-state index contributed by atoms with van der Waals surface area (Å²) < 4.78 is 0. The van der Waals surface area contributed by atoms with Gasteiger partial charge in [-0.3, -0.25) is 9.59 Å². The van der Waals surface area contributed by atoms with Crippen LogP contribution >= 0.6 is 0 Å². The highest BCUT2D eigenvalue weighted by atomic mass is 16.2. The van der Waals surface area contributed by atoms with Crippen molar-refractivity contribution in [1.82, 2.24) is 10.2 Å². The Kier molecular flexibility index (Phi) is 8.33. The normalized spacial score (nSPS) is 10.7. The summed E-state index contributed by atoms with van der Waals surface area (Å²) in [5.41, 5.74) is 2.88. The molecule has 0 aliphatic carbocycles. The van der Waals surface area contributed by atoms with Crippen LogP contribution in [-0.2, 0) is 22.4 Å². The molecule has 0 unspecified atom stereocenters. The molecule has 0 heterocycles. The van der Waals surface area contributed by atoms with Gasteiger partial charge in [-0.25, -0.2) is 0 Å². The van der Waals surface area contributed by atoms with Gasteiger partial charge in [0, 0.05) is 18.8 Å². The van der Waals surface area contributed by atoms with E-state index >= 15 is 0 Å².